The van der Waals surface area contributed by atoms with Gasteiger partial charge in [0.15, 0.2) is 0 Å². The molecule has 2 rings (SSSR count). The van der Waals surface area contributed by atoms with Crippen LogP contribution in [0.25, 0.3) is 0 Å². The zero-order valence-corrected chi connectivity index (χ0v) is 6.88. The molecule has 0 heterocycles. The maximum atomic E-state index is 9.55. The summed E-state index contributed by atoms with van der Waals surface area (Å²) in [7, 11) is 0. The van der Waals surface area contributed by atoms with Crippen molar-refractivity contribution in [2.75, 3.05) is 0 Å². The van der Waals surface area contributed by atoms with Crippen molar-refractivity contribution in [2.24, 2.45) is 5.92 Å². The first-order valence-corrected chi connectivity index (χ1v) is 4.35. The molecule has 2 aliphatic carbocycles. The number of hydrogen-bond acceptors (Lipinski definition) is 1. The molecule has 11 heavy (non-hydrogen) atoms. The average Bonchev–Trinajstić information content (AvgIpc) is 2.30. The molecule has 1 nitrogen and oxygen atoms in total. The topological polar surface area (TPSA) is 20.2 Å². The highest BCUT2D eigenvalue weighted by Crippen LogP contribution is 2.37. The second-order valence-electron chi connectivity index (χ2n) is 3.56. The third kappa shape index (κ3) is 1.04. The summed E-state index contributed by atoms with van der Waals surface area (Å²) in [6.45, 7) is 2.11. The molecule has 60 valence electrons. The van der Waals surface area contributed by atoms with Gasteiger partial charge in [0, 0.05) is 5.92 Å². The number of hydrogen-bond donors (Lipinski definition) is 1. The third-order valence-corrected chi connectivity index (χ3v) is 2.84. The van der Waals surface area contributed by atoms with E-state index in [0.29, 0.717) is 5.92 Å². The lowest BCUT2D eigenvalue weighted by atomic mass is 9.96. The third-order valence-electron chi connectivity index (χ3n) is 2.84. The van der Waals surface area contributed by atoms with E-state index in [0.717, 1.165) is 12.8 Å². The van der Waals surface area contributed by atoms with E-state index in [1.807, 2.05) is 0 Å². The Balaban J connectivity index is 2.28. The van der Waals surface area contributed by atoms with Crippen LogP contribution in [0.15, 0.2) is 23.3 Å². The van der Waals surface area contributed by atoms with E-state index in [1.165, 1.54) is 17.6 Å². The van der Waals surface area contributed by atoms with Gasteiger partial charge < -0.3 is 5.11 Å². The Hall–Kier alpha value is -0.560. The van der Waals surface area contributed by atoms with Crippen LogP contribution in [0, 0.1) is 5.92 Å². The van der Waals surface area contributed by atoms with Gasteiger partial charge in [-0.3, -0.25) is 0 Å². The Kier molecular flexibility index (Phi) is 1.61. The van der Waals surface area contributed by atoms with Crippen molar-refractivity contribution in [3.8, 4) is 0 Å². The van der Waals surface area contributed by atoms with Crippen LogP contribution in [0.5, 0.6) is 0 Å². The molecule has 0 saturated carbocycles. The van der Waals surface area contributed by atoms with Gasteiger partial charge in [-0.25, -0.2) is 0 Å². The molecular formula is C10H14O. The van der Waals surface area contributed by atoms with Gasteiger partial charge in [-0.1, -0.05) is 24.6 Å². The summed E-state index contributed by atoms with van der Waals surface area (Å²) in [5, 5.41) is 9.55. The Morgan fingerprint density at radius 2 is 2.36 bits per heavy atom. The fraction of sp³-hybridized carbons (Fsp3) is 0.600. The highest BCUT2D eigenvalue weighted by molar-refractivity contribution is 5.36. The van der Waals surface area contributed by atoms with Gasteiger partial charge in [0.2, 0.25) is 0 Å². The van der Waals surface area contributed by atoms with Gasteiger partial charge in [-0.15, -0.1) is 0 Å². The maximum Gasteiger partial charge on any atom is 0.0643 e. The largest absolute Gasteiger partial charge is 0.392 e. The quantitative estimate of drug-likeness (QED) is 0.560. The van der Waals surface area contributed by atoms with Gasteiger partial charge in [0.25, 0.3) is 0 Å². The van der Waals surface area contributed by atoms with Gasteiger partial charge >= 0.3 is 0 Å². The molecule has 0 radical (unpaired) electrons. The summed E-state index contributed by atoms with van der Waals surface area (Å²) >= 11 is 0. The van der Waals surface area contributed by atoms with Crippen molar-refractivity contribution >= 4 is 0 Å². The van der Waals surface area contributed by atoms with E-state index in [1.54, 1.807) is 0 Å². The summed E-state index contributed by atoms with van der Waals surface area (Å²) in [5.41, 5.74) is 2.90. The number of allylic oxidation sites excluding steroid dienone is 2. The highest BCUT2D eigenvalue weighted by atomic mass is 16.3. The average molecular weight is 150 g/mol. The van der Waals surface area contributed by atoms with Gasteiger partial charge in [0.1, 0.15) is 0 Å². The van der Waals surface area contributed by atoms with E-state index in [4.69, 9.17) is 0 Å². The monoisotopic (exact) mass is 150 g/mol. The summed E-state index contributed by atoms with van der Waals surface area (Å²) in [5.74, 6) is 0.376. The molecule has 0 aliphatic heterocycles. The van der Waals surface area contributed by atoms with Crippen LogP contribution in [0.2, 0.25) is 0 Å². The van der Waals surface area contributed by atoms with E-state index < -0.39 is 0 Å². The molecule has 2 unspecified atom stereocenters. The molecular weight excluding hydrogens is 136 g/mol. The summed E-state index contributed by atoms with van der Waals surface area (Å²) in [6.07, 6.45) is 7.56. The van der Waals surface area contributed by atoms with Crippen LogP contribution in [0.1, 0.15) is 26.2 Å². The van der Waals surface area contributed by atoms with Crippen molar-refractivity contribution < 1.29 is 5.11 Å². The number of aliphatic hydroxyl groups is 1. The molecule has 1 N–H and O–H groups in total. The minimum atomic E-state index is -0.109. The molecule has 2 aliphatic rings. The number of aliphatic hydroxyl groups excluding tert-OH is 1. The standard InChI is InChI=1S/C10H14O/c1-7-9-5-3-2-4-8(9)6-10(7)11/h3,5,7,10-11H,2,4,6H2,1H3. The number of rotatable bonds is 0. The van der Waals surface area contributed by atoms with Crippen LogP contribution in [-0.2, 0) is 0 Å². The van der Waals surface area contributed by atoms with Gasteiger partial charge in [-0.05, 0) is 24.8 Å². The predicted octanol–water partition coefficient (Wildman–Crippen LogP) is 2.03. The van der Waals surface area contributed by atoms with Crippen LogP contribution >= 0.6 is 0 Å². The maximum absolute atomic E-state index is 9.55. The van der Waals surface area contributed by atoms with E-state index in [-0.39, 0.29) is 6.10 Å². The molecule has 0 bridgehead atoms. The zero-order valence-electron chi connectivity index (χ0n) is 6.88. The Morgan fingerprint density at radius 3 is 3.09 bits per heavy atom. The molecule has 0 amide bonds. The van der Waals surface area contributed by atoms with Crippen LogP contribution in [0.3, 0.4) is 0 Å². The minimum absolute atomic E-state index is 0.109. The Bertz CT molecular complexity index is 225. The van der Waals surface area contributed by atoms with Crippen molar-refractivity contribution in [1.29, 1.82) is 0 Å². The lowest BCUT2D eigenvalue weighted by molar-refractivity contribution is 0.147. The lowest BCUT2D eigenvalue weighted by Crippen LogP contribution is -2.11. The first-order valence-electron chi connectivity index (χ1n) is 4.35. The molecule has 0 spiro atoms. The van der Waals surface area contributed by atoms with E-state index >= 15 is 0 Å². The van der Waals surface area contributed by atoms with Crippen molar-refractivity contribution in [3.05, 3.63) is 23.3 Å². The minimum Gasteiger partial charge on any atom is -0.392 e. The van der Waals surface area contributed by atoms with E-state index in [9.17, 15) is 5.11 Å². The van der Waals surface area contributed by atoms with Crippen molar-refractivity contribution in [1.82, 2.24) is 0 Å². The first-order chi connectivity index (χ1) is 5.29. The Labute approximate surface area is 67.4 Å². The van der Waals surface area contributed by atoms with Crippen molar-refractivity contribution in [3.63, 3.8) is 0 Å². The molecule has 0 aromatic heterocycles. The van der Waals surface area contributed by atoms with Crippen molar-refractivity contribution in [2.45, 2.75) is 32.3 Å². The van der Waals surface area contributed by atoms with Crippen LogP contribution in [-0.4, -0.2) is 11.2 Å². The molecule has 0 fully saturated rings. The summed E-state index contributed by atoms with van der Waals surface area (Å²) < 4.78 is 0. The smallest absolute Gasteiger partial charge is 0.0643 e. The second-order valence-corrected chi connectivity index (χ2v) is 3.56. The molecule has 0 aromatic carbocycles. The fourth-order valence-electron chi connectivity index (χ4n) is 2.06. The summed E-state index contributed by atoms with van der Waals surface area (Å²) in [4.78, 5) is 0. The van der Waals surface area contributed by atoms with Crippen LogP contribution in [0.4, 0.5) is 0 Å². The first kappa shape index (κ1) is 7.11. The fourth-order valence-corrected chi connectivity index (χ4v) is 2.06. The second kappa shape index (κ2) is 2.49. The Morgan fingerprint density at radius 1 is 1.55 bits per heavy atom. The summed E-state index contributed by atoms with van der Waals surface area (Å²) in [6, 6.07) is 0. The SMILES string of the molecule is CC1C2=C(CCC=C2)CC1O. The van der Waals surface area contributed by atoms with E-state index in [2.05, 4.69) is 19.1 Å². The molecule has 0 aromatic rings. The predicted molar refractivity (Wildman–Crippen MR) is 45.2 cm³/mol. The van der Waals surface area contributed by atoms with Gasteiger partial charge in [0.05, 0.1) is 6.10 Å². The molecule has 2 atom stereocenters. The molecule has 0 saturated heterocycles. The van der Waals surface area contributed by atoms with Gasteiger partial charge in [-0.2, -0.15) is 0 Å². The molecule has 1 heteroatoms. The lowest BCUT2D eigenvalue weighted by Gasteiger charge is -2.11. The highest BCUT2D eigenvalue weighted by Gasteiger charge is 2.28. The normalized spacial score (nSPS) is 36.2. The zero-order chi connectivity index (χ0) is 7.84. The van der Waals surface area contributed by atoms with Crippen LogP contribution < -0.4 is 0 Å².